The molecule has 1 fully saturated rings. The van der Waals surface area contributed by atoms with Gasteiger partial charge in [-0.15, -0.1) is 0 Å². The van der Waals surface area contributed by atoms with Crippen LogP contribution in [-0.4, -0.2) is 26.1 Å². The maximum absolute atomic E-state index is 12.0. The van der Waals surface area contributed by atoms with Gasteiger partial charge in [0, 0.05) is 29.6 Å². The number of halogens is 1. The van der Waals surface area contributed by atoms with Crippen molar-refractivity contribution >= 4 is 32.8 Å². The fourth-order valence-electron chi connectivity index (χ4n) is 3.27. The third-order valence-corrected chi connectivity index (χ3v) is 5.72. The summed E-state index contributed by atoms with van der Waals surface area (Å²) in [5.41, 5.74) is 1.31. The average molecular weight is 381 g/mol. The van der Waals surface area contributed by atoms with E-state index in [-0.39, 0.29) is 10.9 Å². The summed E-state index contributed by atoms with van der Waals surface area (Å²) in [5.74, 6) is 0. The molecule has 0 amide bonds. The highest BCUT2D eigenvalue weighted by Gasteiger charge is 2.29. The molecule has 1 aliphatic rings. The van der Waals surface area contributed by atoms with E-state index in [2.05, 4.69) is 4.90 Å². The van der Waals surface area contributed by atoms with E-state index in [0.29, 0.717) is 10.7 Å². The van der Waals surface area contributed by atoms with Crippen LogP contribution in [0.3, 0.4) is 0 Å². The summed E-state index contributed by atoms with van der Waals surface area (Å²) in [7, 11) is -3.71. The fourth-order valence-corrected chi connectivity index (χ4v) is 4.32. The molecule has 0 radical (unpaired) electrons. The lowest BCUT2D eigenvalue weighted by atomic mass is 10.0. The Morgan fingerprint density at radius 3 is 2.64 bits per heavy atom. The van der Waals surface area contributed by atoms with E-state index in [9.17, 15) is 18.5 Å². The zero-order valence-corrected chi connectivity index (χ0v) is 15.1. The number of anilines is 1. The van der Waals surface area contributed by atoms with Crippen LogP contribution >= 0.6 is 11.6 Å². The second-order valence-corrected chi connectivity index (χ2v) is 8.51. The Kier molecular flexibility index (Phi) is 4.71. The van der Waals surface area contributed by atoms with Crippen molar-refractivity contribution in [2.75, 3.05) is 17.7 Å². The Balaban J connectivity index is 2.05. The minimum atomic E-state index is -3.71. The molecule has 8 heteroatoms. The molecule has 0 N–H and O–H groups in total. The second kappa shape index (κ2) is 6.65. The minimum Gasteiger partial charge on any atom is -0.364 e. The van der Waals surface area contributed by atoms with Crippen molar-refractivity contribution in [1.82, 2.24) is 0 Å². The average Bonchev–Trinajstić information content (AvgIpc) is 3.03. The third kappa shape index (κ3) is 3.62. The number of hydrogen-bond donors (Lipinski definition) is 0. The number of rotatable bonds is 4. The lowest BCUT2D eigenvalue weighted by molar-refractivity contribution is -0.387. The second-order valence-electron chi connectivity index (χ2n) is 6.09. The zero-order valence-electron chi connectivity index (χ0n) is 13.6. The molecule has 0 bridgehead atoms. The summed E-state index contributed by atoms with van der Waals surface area (Å²) in [5, 5.41) is 11.8. The highest BCUT2D eigenvalue weighted by atomic mass is 35.5. The van der Waals surface area contributed by atoms with Crippen molar-refractivity contribution in [3.8, 4) is 0 Å². The molecule has 25 heavy (non-hydrogen) atoms. The van der Waals surface area contributed by atoms with Crippen molar-refractivity contribution in [2.24, 2.45) is 0 Å². The Hall–Kier alpha value is -2.12. The zero-order chi connectivity index (χ0) is 18.2. The summed E-state index contributed by atoms with van der Waals surface area (Å²) in [6, 6.07) is 11.9. The van der Waals surface area contributed by atoms with Crippen LogP contribution in [0.25, 0.3) is 0 Å². The third-order valence-electron chi connectivity index (χ3n) is 4.36. The first-order chi connectivity index (χ1) is 11.8. The molecule has 2 aromatic rings. The Labute approximate surface area is 151 Å². The van der Waals surface area contributed by atoms with Gasteiger partial charge in [-0.1, -0.05) is 23.7 Å². The van der Waals surface area contributed by atoms with Gasteiger partial charge in [-0.25, -0.2) is 8.42 Å². The highest BCUT2D eigenvalue weighted by molar-refractivity contribution is 7.90. The molecule has 1 saturated heterocycles. The number of sulfone groups is 1. The van der Waals surface area contributed by atoms with Crippen LogP contribution in [0.1, 0.15) is 24.4 Å². The molecule has 0 spiro atoms. The topological polar surface area (TPSA) is 80.5 Å². The molecular weight excluding hydrogens is 364 g/mol. The van der Waals surface area contributed by atoms with Gasteiger partial charge in [0.2, 0.25) is 0 Å². The van der Waals surface area contributed by atoms with Crippen LogP contribution in [0.2, 0.25) is 5.02 Å². The molecule has 1 aliphatic heterocycles. The van der Waals surface area contributed by atoms with Crippen molar-refractivity contribution in [1.29, 1.82) is 0 Å². The standard InChI is InChI=1S/C17H17ClN2O4S/c1-25(23,24)17-11-14(7-8-16(17)20(21)22)19-9-3-6-15(19)12-4-2-5-13(18)10-12/h2,4-5,7-8,10-11,15H,3,6,9H2,1H3. The van der Waals surface area contributed by atoms with E-state index in [0.717, 1.165) is 31.2 Å². The molecular formula is C17H17ClN2O4S. The van der Waals surface area contributed by atoms with Crippen molar-refractivity contribution < 1.29 is 13.3 Å². The number of nitro benzene ring substituents is 1. The first kappa shape index (κ1) is 17.7. The normalized spacial score (nSPS) is 17.7. The molecule has 6 nitrogen and oxygen atoms in total. The van der Waals surface area contributed by atoms with Gasteiger partial charge < -0.3 is 4.90 Å². The molecule has 1 unspecified atom stereocenters. The highest BCUT2D eigenvalue weighted by Crippen LogP contribution is 2.39. The maximum Gasteiger partial charge on any atom is 0.288 e. The van der Waals surface area contributed by atoms with E-state index < -0.39 is 20.4 Å². The Morgan fingerprint density at radius 2 is 2.00 bits per heavy atom. The van der Waals surface area contributed by atoms with E-state index in [1.165, 1.54) is 12.1 Å². The van der Waals surface area contributed by atoms with Crippen LogP contribution in [0, 0.1) is 10.1 Å². The van der Waals surface area contributed by atoms with Gasteiger partial charge in [0.1, 0.15) is 4.90 Å². The van der Waals surface area contributed by atoms with Crippen LogP contribution in [0.4, 0.5) is 11.4 Å². The van der Waals surface area contributed by atoms with Gasteiger partial charge in [0.25, 0.3) is 5.69 Å². The lowest BCUT2D eigenvalue weighted by Crippen LogP contribution is -2.22. The Bertz CT molecular complexity index is 930. The van der Waals surface area contributed by atoms with Gasteiger partial charge in [0.05, 0.1) is 11.0 Å². The van der Waals surface area contributed by atoms with Gasteiger partial charge in [-0.3, -0.25) is 10.1 Å². The predicted octanol–water partition coefficient (Wildman–Crippen LogP) is 3.99. The number of benzene rings is 2. The number of nitrogens with zero attached hydrogens (tertiary/aromatic N) is 2. The number of hydrogen-bond acceptors (Lipinski definition) is 5. The summed E-state index contributed by atoms with van der Waals surface area (Å²) in [6.45, 7) is 0.748. The molecule has 0 saturated carbocycles. The first-order valence-electron chi connectivity index (χ1n) is 7.78. The molecule has 132 valence electrons. The summed E-state index contributed by atoms with van der Waals surface area (Å²) >= 11 is 6.08. The monoisotopic (exact) mass is 380 g/mol. The Morgan fingerprint density at radius 1 is 1.24 bits per heavy atom. The lowest BCUT2D eigenvalue weighted by Gasteiger charge is -2.27. The van der Waals surface area contributed by atoms with Gasteiger partial charge in [0.15, 0.2) is 9.84 Å². The molecule has 3 rings (SSSR count). The van der Waals surface area contributed by atoms with Gasteiger partial charge >= 0.3 is 0 Å². The van der Waals surface area contributed by atoms with Gasteiger partial charge in [-0.2, -0.15) is 0 Å². The van der Waals surface area contributed by atoms with Crippen LogP contribution in [0.15, 0.2) is 47.4 Å². The summed E-state index contributed by atoms with van der Waals surface area (Å²) in [4.78, 5) is 12.3. The van der Waals surface area contributed by atoms with Crippen LogP contribution in [0.5, 0.6) is 0 Å². The van der Waals surface area contributed by atoms with E-state index in [1.54, 1.807) is 12.1 Å². The summed E-state index contributed by atoms with van der Waals surface area (Å²) < 4.78 is 24.0. The predicted molar refractivity (Wildman–Crippen MR) is 97.0 cm³/mol. The maximum atomic E-state index is 12.0. The van der Waals surface area contributed by atoms with Crippen molar-refractivity contribution in [3.63, 3.8) is 0 Å². The van der Waals surface area contributed by atoms with Crippen LogP contribution in [-0.2, 0) is 9.84 Å². The largest absolute Gasteiger partial charge is 0.364 e. The fraction of sp³-hybridized carbons (Fsp3) is 0.294. The molecule has 0 aromatic heterocycles. The van der Waals surface area contributed by atoms with E-state index in [1.807, 2.05) is 18.2 Å². The molecule has 1 atom stereocenters. The molecule has 2 aromatic carbocycles. The quantitative estimate of drug-likeness (QED) is 0.591. The smallest absolute Gasteiger partial charge is 0.288 e. The molecule has 0 aliphatic carbocycles. The number of nitro groups is 1. The van der Waals surface area contributed by atoms with Crippen molar-refractivity contribution in [2.45, 2.75) is 23.8 Å². The summed E-state index contributed by atoms with van der Waals surface area (Å²) in [6.07, 6.45) is 2.84. The minimum absolute atomic E-state index is 0.0626. The van der Waals surface area contributed by atoms with Gasteiger partial charge in [-0.05, 0) is 42.7 Å². The molecule has 1 heterocycles. The van der Waals surface area contributed by atoms with E-state index in [4.69, 9.17) is 11.6 Å². The van der Waals surface area contributed by atoms with Crippen molar-refractivity contribution in [3.05, 3.63) is 63.2 Å². The SMILES string of the molecule is CS(=O)(=O)c1cc(N2CCCC2c2cccc(Cl)c2)ccc1[N+](=O)[O-]. The van der Waals surface area contributed by atoms with Crippen LogP contribution < -0.4 is 4.90 Å². The van der Waals surface area contributed by atoms with E-state index >= 15 is 0 Å². The first-order valence-corrected chi connectivity index (χ1v) is 10.0.